The number of anilines is 1. The SMILES string of the molecule is CC(NC(=O)Nc1cccc(CN)c1)C(=O)NC(C)(C)C. The lowest BCUT2D eigenvalue weighted by molar-refractivity contribution is -0.123. The van der Waals surface area contributed by atoms with Crippen LogP contribution in [0.3, 0.4) is 0 Å². The molecular weight excluding hydrogens is 268 g/mol. The second kappa shape index (κ2) is 7.08. The van der Waals surface area contributed by atoms with Gasteiger partial charge in [0.1, 0.15) is 6.04 Å². The van der Waals surface area contributed by atoms with Crippen LogP contribution in [0.25, 0.3) is 0 Å². The lowest BCUT2D eigenvalue weighted by Crippen LogP contribution is -2.51. The lowest BCUT2D eigenvalue weighted by Gasteiger charge is -2.23. The van der Waals surface area contributed by atoms with E-state index in [4.69, 9.17) is 5.73 Å². The molecule has 1 unspecified atom stereocenters. The molecule has 0 aromatic heterocycles. The number of hydrogen-bond acceptors (Lipinski definition) is 3. The van der Waals surface area contributed by atoms with Crippen molar-refractivity contribution in [3.8, 4) is 0 Å². The molecule has 0 bridgehead atoms. The summed E-state index contributed by atoms with van der Waals surface area (Å²) in [6, 6.07) is 6.19. The van der Waals surface area contributed by atoms with Gasteiger partial charge in [0.15, 0.2) is 0 Å². The first-order valence-corrected chi connectivity index (χ1v) is 6.90. The van der Waals surface area contributed by atoms with E-state index in [1.54, 1.807) is 19.1 Å². The Morgan fingerprint density at radius 3 is 2.52 bits per heavy atom. The molecule has 0 heterocycles. The second-order valence-electron chi connectivity index (χ2n) is 5.96. The van der Waals surface area contributed by atoms with Crippen LogP contribution < -0.4 is 21.7 Å². The van der Waals surface area contributed by atoms with Crippen molar-refractivity contribution in [2.45, 2.75) is 45.8 Å². The third kappa shape index (κ3) is 6.27. The van der Waals surface area contributed by atoms with Crippen LogP contribution in [0.15, 0.2) is 24.3 Å². The summed E-state index contributed by atoms with van der Waals surface area (Å²) in [4.78, 5) is 23.7. The molecule has 6 nitrogen and oxygen atoms in total. The fourth-order valence-corrected chi connectivity index (χ4v) is 1.68. The van der Waals surface area contributed by atoms with Crippen LogP contribution in [0.2, 0.25) is 0 Å². The maximum atomic E-state index is 11.9. The normalized spacial score (nSPS) is 12.4. The summed E-state index contributed by atoms with van der Waals surface area (Å²) in [7, 11) is 0. The average Bonchev–Trinajstić information content (AvgIpc) is 2.36. The van der Waals surface area contributed by atoms with Gasteiger partial charge in [-0.2, -0.15) is 0 Å². The molecule has 5 N–H and O–H groups in total. The van der Waals surface area contributed by atoms with Crippen molar-refractivity contribution in [2.24, 2.45) is 5.73 Å². The van der Waals surface area contributed by atoms with E-state index in [2.05, 4.69) is 16.0 Å². The van der Waals surface area contributed by atoms with Gasteiger partial charge in [-0.1, -0.05) is 12.1 Å². The molecule has 0 aliphatic heterocycles. The Labute approximate surface area is 125 Å². The van der Waals surface area contributed by atoms with Crippen LogP contribution in [0.1, 0.15) is 33.3 Å². The van der Waals surface area contributed by atoms with Crippen molar-refractivity contribution in [1.82, 2.24) is 10.6 Å². The summed E-state index contributed by atoms with van der Waals surface area (Å²) < 4.78 is 0. The number of nitrogens with one attached hydrogen (secondary N) is 3. The minimum Gasteiger partial charge on any atom is -0.350 e. The number of nitrogens with two attached hydrogens (primary N) is 1. The summed E-state index contributed by atoms with van der Waals surface area (Å²) >= 11 is 0. The van der Waals surface area contributed by atoms with Crippen molar-refractivity contribution >= 4 is 17.6 Å². The maximum Gasteiger partial charge on any atom is 0.319 e. The zero-order valence-electron chi connectivity index (χ0n) is 13.0. The number of amides is 3. The van der Waals surface area contributed by atoms with Crippen molar-refractivity contribution < 1.29 is 9.59 Å². The van der Waals surface area contributed by atoms with E-state index in [-0.39, 0.29) is 11.4 Å². The van der Waals surface area contributed by atoms with Crippen LogP contribution in [0.4, 0.5) is 10.5 Å². The van der Waals surface area contributed by atoms with E-state index in [0.717, 1.165) is 5.56 Å². The van der Waals surface area contributed by atoms with Crippen LogP contribution >= 0.6 is 0 Å². The van der Waals surface area contributed by atoms with E-state index < -0.39 is 12.1 Å². The summed E-state index contributed by atoms with van der Waals surface area (Å²) in [5, 5.41) is 8.08. The van der Waals surface area contributed by atoms with Gasteiger partial charge in [-0.15, -0.1) is 0 Å². The molecule has 0 saturated carbocycles. The van der Waals surface area contributed by atoms with Gasteiger partial charge in [0.05, 0.1) is 0 Å². The third-order valence-electron chi connectivity index (χ3n) is 2.66. The summed E-state index contributed by atoms with van der Waals surface area (Å²) in [5.41, 5.74) is 6.77. The van der Waals surface area contributed by atoms with Gasteiger partial charge in [0.2, 0.25) is 5.91 Å². The van der Waals surface area contributed by atoms with Gasteiger partial charge in [0, 0.05) is 17.8 Å². The Kier molecular flexibility index (Phi) is 5.72. The Balaban J connectivity index is 2.54. The Morgan fingerprint density at radius 2 is 1.95 bits per heavy atom. The average molecular weight is 292 g/mol. The van der Waals surface area contributed by atoms with Crippen molar-refractivity contribution in [3.05, 3.63) is 29.8 Å². The molecule has 116 valence electrons. The Morgan fingerprint density at radius 1 is 1.29 bits per heavy atom. The number of carbonyl (C=O) groups is 2. The first-order chi connectivity index (χ1) is 9.71. The maximum absolute atomic E-state index is 11.9. The van der Waals surface area contributed by atoms with Crippen LogP contribution in [0, 0.1) is 0 Å². The molecule has 21 heavy (non-hydrogen) atoms. The summed E-state index contributed by atoms with van der Waals surface area (Å²) in [6.45, 7) is 7.69. The molecule has 0 aliphatic carbocycles. The van der Waals surface area contributed by atoms with E-state index in [0.29, 0.717) is 12.2 Å². The second-order valence-corrected chi connectivity index (χ2v) is 5.96. The number of benzene rings is 1. The molecule has 0 fully saturated rings. The number of rotatable bonds is 4. The van der Waals surface area contributed by atoms with Crippen molar-refractivity contribution in [2.75, 3.05) is 5.32 Å². The monoisotopic (exact) mass is 292 g/mol. The third-order valence-corrected chi connectivity index (χ3v) is 2.66. The standard InChI is InChI=1S/C15H24N4O2/c1-10(13(20)19-15(2,3)4)17-14(21)18-12-7-5-6-11(8-12)9-16/h5-8,10H,9,16H2,1-4H3,(H,19,20)(H2,17,18,21). The highest BCUT2D eigenvalue weighted by molar-refractivity contribution is 5.93. The van der Waals surface area contributed by atoms with Gasteiger partial charge in [0.25, 0.3) is 0 Å². The molecule has 3 amide bonds. The first kappa shape index (κ1) is 17.0. The number of urea groups is 1. The van der Waals surface area contributed by atoms with Gasteiger partial charge in [-0.3, -0.25) is 4.79 Å². The topological polar surface area (TPSA) is 96.2 Å². The summed E-state index contributed by atoms with van der Waals surface area (Å²) in [6.07, 6.45) is 0. The highest BCUT2D eigenvalue weighted by Crippen LogP contribution is 2.09. The molecule has 6 heteroatoms. The minimum atomic E-state index is -0.623. The summed E-state index contributed by atoms with van der Waals surface area (Å²) in [5.74, 6) is -0.228. The zero-order valence-corrected chi connectivity index (χ0v) is 13.0. The smallest absolute Gasteiger partial charge is 0.319 e. The Bertz CT molecular complexity index is 509. The predicted octanol–water partition coefficient (Wildman–Crippen LogP) is 1.57. The molecule has 1 aromatic rings. The van der Waals surface area contributed by atoms with Crippen LogP contribution in [0.5, 0.6) is 0 Å². The highest BCUT2D eigenvalue weighted by atomic mass is 16.2. The molecule has 0 saturated heterocycles. The predicted molar refractivity (Wildman–Crippen MR) is 83.8 cm³/mol. The van der Waals surface area contributed by atoms with Crippen LogP contribution in [-0.2, 0) is 11.3 Å². The molecule has 0 aliphatic rings. The van der Waals surface area contributed by atoms with E-state index in [1.165, 1.54) is 0 Å². The van der Waals surface area contributed by atoms with Gasteiger partial charge in [-0.25, -0.2) is 4.79 Å². The quantitative estimate of drug-likeness (QED) is 0.678. The Hall–Kier alpha value is -2.08. The molecule has 1 aromatic carbocycles. The number of hydrogen-bond donors (Lipinski definition) is 4. The molecule has 1 atom stereocenters. The van der Waals surface area contributed by atoms with Gasteiger partial charge < -0.3 is 21.7 Å². The molecular formula is C15H24N4O2. The van der Waals surface area contributed by atoms with Crippen LogP contribution in [-0.4, -0.2) is 23.5 Å². The van der Waals surface area contributed by atoms with Gasteiger partial charge in [-0.05, 0) is 45.4 Å². The van der Waals surface area contributed by atoms with E-state index in [9.17, 15) is 9.59 Å². The van der Waals surface area contributed by atoms with Crippen molar-refractivity contribution in [3.63, 3.8) is 0 Å². The molecule has 1 rings (SSSR count). The largest absolute Gasteiger partial charge is 0.350 e. The number of carbonyl (C=O) groups excluding carboxylic acids is 2. The molecule has 0 radical (unpaired) electrons. The van der Waals surface area contributed by atoms with Crippen molar-refractivity contribution in [1.29, 1.82) is 0 Å². The zero-order chi connectivity index (χ0) is 16.0. The fraction of sp³-hybridized carbons (Fsp3) is 0.467. The first-order valence-electron chi connectivity index (χ1n) is 6.90. The molecule has 0 spiro atoms. The fourth-order valence-electron chi connectivity index (χ4n) is 1.68. The van der Waals surface area contributed by atoms with E-state index in [1.807, 2.05) is 32.9 Å². The van der Waals surface area contributed by atoms with E-state index >= 15 is 0 Å². The minimum absolute atomic E-state index is 0.228. The van der Waals surface area contributed by atoms with Gasteiger partial charge >= 0.3 is 6.03 Å². The lowest BCUT2D eigenvalue weighted by atomic mass is 10.1. The highest BCUT2D eigenvalue weighted by Gasteiger charge is 2.20.